The lowest BCUT2D eigenvalue weighted by Crippen LogP contribution is -2.48. The Labute approximate surface area is 186 Å². The van der Waals surface area contributed by atoms with Gasteiger partial charge in [0.1, 0.15) is 5.75 Å². The molecule has 4 heteroatoms. The molecule has 1 saturated heterocycles. The number of carbonyl (C=O) groups is 1. The van der Waals surface area contributed by atoms with Crippen LogP contribution in [0.4, 0.5) is 0 Å². The van der Waals surface area contributed by atoms with E-state index in [0.29, 0.717) is 12.5 Å². The van der Waals surface area contributed by atoms with E-state index in [1.165, 1.54) is 17.5 Å². The maximum absolute atomic E-state index is 12.3. The van der Waals surface area contributed by atoms with Gasteiger partial charge in [-0.15, -0.1) is 0 Å². The Kier molecular flexibility index (Phi) is 7.55. The average molecular weight is 419 g/mol. The minimum Gasteiger partial charge on any atom is -0.426 e. The Balaban J connectivity index is 1.39. The summed E-state index contributed by atoms with van der Waals surface area (Å²) >= 11 is 0. The summed E-state index contributed by atoms with van der Waals surface area (Å²) in [6.45, 7) is 6.48. The molecule has 0 amide bonds. The van der Waals surface area contributed by atoms with Gasteiger partial charge in [0.2, 0.25) is 0 Å². The highest BCUT2D eigenvalue weighted by atomic mass is 16.5. The highest BCUT2D eigenvalue weighted by molar-refractivity contribution is 5.76. The van der Waals surface area contributed by atoms with E-state index in [-0.39, 0.29) is 12.0 Å². The predicted octanol–water partition coefficient (Wildman–Crippen LogP) is 5.32. The Bertz CT molecular complexity index is 872. The fourth-order valence-electron chi connectivity index (χ4n) is 4.85. The first-order valence-electron chi connectivity index (χ1n) is 11.7. The molecular weight excluding hydrogens is 384 g/mol. The second kappa shape index (κ2) is 10.7. The van der Waals surface area contributed by atoms with Crippen molar-refractivity contribution in [1.29, 1.82) is 0 Å². The third-order valence-electron chi connectivity index (χ3n) is 6.53. The molecule has 0 spiro atoms. The maximum atomic E-state index is 12.3. The number of fused-ring (bicyclic) bond motifs is 1. The van der Waals surface area contributed by atoms with E-state index in [4.69, 9.17) is 4.74 Å². The molecule has 2 aromatic carbocycles. The van der Waals surface area contributed by atoms with Crippen molar-refractivity contribution >= 4 is 12.0 Å². The van der Waals surface area contributed by atoms with Crippen molar-refractivity contribution in [2.24, 2.45) is 0 Å². The van der Waals surface area contributed by atoms with Gasteiger partial charge in [-0.3, -0.25) is 14.6 Å². The van der Waals surface area contributed by atoms with Gasteiger partial charge in [-0.05, 0) is 50.5 Å². The number of benzene rings is 2. The molecule has 164 valence electrons. The monoisotopic (exact) mass is 418 g/mol. The van der Waals surface area contributed by atoms with Crippen molar-refractivity contribution in [3.05, 3.63) is 71.8 Å². The van der Waals surface area contributed by atoms with E-state index in [9.17, 15) is 4.79 Å². The van der Waals surface area contributed by atoms with Crippen LogP contribution >= 0.6 is 0 Å². The number of likely N-dealkylation sites (tertiary alicyclic amines) is 1. The molecule has 1 unspecified atom stereocenters. The van der Waals surface area contributed by atoms with Gasteiger partial charge < -0.3 is 4.74 Å². The first-order valence-corrected chi connectivity index (χ1v) is 11.7. The summed E-state index contributed by atoms with van der Waals surface area (Å²) in [7, 11) is 0. The zero-order valence-electron chi connectivity index (χ0n) is 18.6. The Morgan fingerprint density at radius 3 is 2.58 bits per heavy atom. The molecule has 1 atom stereocenters. The van der Waals surface area contributed by atoms with Gasteiger partial charge in [-0.1, -0.05) is 74.0 Å². The molecule has 4 rings (SSSR count). The zero-order chi connectivity index (χ0) is 21.5. The van der Waals surface area contributed by atoms with Crippen LogP contribution < -0.4 is 4.74 Å². The third kappa shape index (κ3) is 5.63. The summed E-state index contributed by atoms with van der Waals surface area (Å²) in [5.74, 6) is 0.641. The molecule has 4 nitrogen and oxygen atoms in total. The average Bonchev–Trinajstić information content (AvgIpc) is 2.81. The third-order valence-corrected chi connectivity index (χ3v) is 6.53. The molecule has 0 saturated carbocycles. The van der Waals surface area contributed by atoms with Crippen LogP contribution in [-0.2, 0) is 4.79 Å². The van der Waals surface area contributed by atoms with Gasteiger partial charge in [0.25, 0.3) is 0 Å². The highest BCUT2D eigenvalue weighted by Crippen LogP contribution is 2.39. The normalized spacial score (nSPS) is 20.2. The van der Waals surface area contributed by atoms with E-state index < -0.39 is 0 Å². The van der Waals surface area contributed by atoms with E-state index in [0.717, 1.165) is 51.2 Å². The lowest BCUT2D eigenvalue weighted by atomic mass is 9.93. The molecule has 0 radical (unpaired) electrons. The van der Waals surface area contributed by atoms with Crippen LogP contribution in [0.1, 0.15) is 56.2 Å². The van der Waals surface area contributed by atoms with Crippen molar-refractivity contribution in [2.45, 2.75) is 51.1 Å². The van der Waals surface area contributed by atoms with Gasteiger partial charge >= 0.3 is 5.97 Å². The number of nitrogens with zero attached hydrogens (tertiary/aromatic N) is 2. The molecule has 2 aromatic rings. The molecule has 0 aliphatic carbocycles. The van der Waals surface area contributed by atoms with Crippen molar-refractivity contribution in [2.75, 3.05) is 26.2 Å². The summed E-state index contributed by atoms with van der Waals surface area (Å²) in [6, 6.07) is 19.2. The Morgan fingerprint density at radius 2 is 1.81 bits per heavy atom. The standard InChI is InChI=1S/C27H34N2O2/c1-2-3-18-29(25-21-27(30)31-26-14-8-7-13-24(25)26)23-15-19-28(20-16-23)17-9-12-22-10-5-4-6-11-22/h4-14,23,25H,2-3,15-21H2,1H3/b12-9+. The number of rotatable bonds is 8. The molecule has 1 fully saturated rings. The maximum Gasteiger partial charge on any atom is 0.313 e. The molecule has 2 aliphatic heterocycles. The predicted molar refractivity (Wildman–Crippen MR) is 126 cm³/mol. The quantitative estimate of drug-likeness (QED) is 0.429. The summed E-state index contributed by atoms with van der Waals surface area (Å²) in [6.07, 6.45) is 9.57. The van der Waals surface area contributed by atoms with Gasteiger partial charge in [-0.25, -0.2) is 0 Å². The van der Waals surface area contributed by atoms with E-state index >= 15 is 0 Å². The largest absolute Gasteiger partial charge is 0.426 e. The highest BCUT2D eigenvalue weighted by Gasteiger charge is 2.35. The molecule has 2 heterocycles. The Morgan fingerprint density at radius 1 is 1.06 bits per heavy atom. The van der Waals surface area contributed by atoms with Crippen LogP contribution in [0.2, 0.25) is 0 Å². The lowest BCUT2D eigenvalue weighted by Gasteiger charge is -2.43. The smallest absolute Gasteiger partial charge is 0.313 e. The minimum absolute atomic E-state index is 0.103. The summed E-state index contributed by atoms with van der Waals surface area (Å²) in [5, 5.41) is 0. The lowest BCUT2D eigenvalue weighted by molar-refractivity contribution is -0.137. The fraction of sp³-hybridized carbons (Fsp3) is 0.444. The number of piperidine rings is 1. The number of carbonyl (C=O) groups excluding carboxylic acids is 1. The van der Waals surface area contributed by atoms with Crippen LogP contribution in [-0.4, -0.2) is 48.0 Å². The van der Waals surface area contributed by atoms with Crippen molar-refractivity contribution in [3.63, 3.8) is 0 Å². The fourth-order valence-corrected chi connectivity index (χ4v) is 4.85. The summed E-state index contributed by atoms with van der Waals surface area (Å²) < 4.78 is 5.52. The van der Waals surface area contributed by atoms with Crippen molar-refractivity contribution in [1.82, 2.24) is 9.80 Å². The van der Waals surface area contributed by atoms with E-state index in [2.05, 4.69) is 71.3 Å². The van der Waals surface area contributed by atoms with Gasteiger partial charge in [0, 0.05) is 24.2 Å². The van der Waals surface area contributed by atoms with E-state index in [1.807, 2.05) is 12.1 Å². The van der Waals surface area contributed by atoms with E-state index in [1.54, 1.807) is 0 Å². The SMILES string of the molecule is CCCCN(C1CCN(C/C=C/c2ccccc2)CC1)C1CC(=O)Oc2ccccc21. The summed E-state index contributed by atoms with van der Waals surface area (Å²) in [4.78, 5) is 17.5. The van der Waals surface area contributed by atoms with Gasteiger partial charge in [-0.2, -0.15) is 0 Å². The first kappa shape index (κ1) is 21.8. The van der Waals surface area contributed by atoms with Crippen LogP contribution in [0.15, 0.2) is 60.7 Å². The number of ether oxygens (including phenoxy) is 1. The second-order valence-electron chi connectivity index (χ2n) is 8.67. The summed E-state index contributed by atoms with van der Waals surface area (Å²) in [5.41, 5.74) is 2.43. The van der Waals surface area contributed by atoms with Gasteiger partial charge in [0.05, 0.1) is 6.42 Å². The first-order chi connectivity index (χ1) is 15.2. The molecule has 0 bridgehead atoms. The van der Waals surface area contributed by atoms with Crippen LogP contribution in [0.5, 0.6) is 5.75 Å². The van der Waals surface area contributed by atoms with Crippen LogP contribution in [0, 0.1) is 0 Å². The number of para-hydroxylation sites is 1. The topological polar surface area (TPSA) is 32.8 Å². The number of esters is 1. The molecule has 31 heavy (non-hydrogen) atoms. The molecular formula is C27H34N2O2. The Hall–Kier alpha value is -2.43. The van der Waals surface area contributed by atoms with Crippen LogP contribution in [0.25, 0.3) is 6.08 Å². The van der Waals surface area contributed by atoms with Gasteiger partial charge in [0.15, 0.2) is 0 Å². The minimum atomic E-state index is -0.103. The second-order valence-corrected chi connectivity index (χ2v) is 8.67. The molecule has 2 aliphatic rings. The molecule has 0 N–H and O–H groups in total. The number of unbranched alkanes of at least 4 members (excludes halogenated alkanes) is 1. The van der Waals surface area contributed by atoms with Crippen molar-refractivity contribution < 1.29 is 9.53 Å². The number of hydrogen-bond acceptors (Lipinski definition) is 4. The zero-order valence-corrected chi connectivity index (χ0v) is 18.6. The van der Waals surface area contributed by atoms with Crippen molar-refractivity contribution in [3.8, 4) is 5.75 Å². The number of hydrogen-bond donors (Lipinski definition) is 0. The van der Waals surface area contributed by atoms with Crippen LogP contribution in [0.3, 0.4) is 0 Å². The molecule has 0 aromatic heterocycles.